The van der Waals surface area contributed by atoms with Gasteiger partial charge in [0.15, 0.2) is 5.65 Å². The quantitative estimate of drug-likeness (QED) is 0.768. The molecule has 1 aromatic carbocycles. The smallest absolute Gasteiger partial charge is 0.342 e. The van der Waals surface area contributed by atoms with Gasteiger partial charge in [-0.1, -0.05) is 18.2 Å². The number of anilines is 2. The molecule has 1 aliphatic heterocycles. The van der Waals surface area contributed by atoms with Gasteiger partial charge in [0.25, 0.3) is 0 Å². The first-order valence-corrected chi connectivity index (χ1v) is 8.69. The van der Waals surface area contributed by atoms with E-state index in [4.69, 9.17) is 0 Å². The summed E-state index contributed by atoms with van der Waals surface area (Å²) in [4.78, 5) is 31.7. The summed E-state index contributed by atoms with van der Waals surface area (Å²) >= 11 is 0. The number of hydrogen-bond donors (Lipinski definition) is 1. The van der Waals surface area contributed by atoms with Crippen molar-refractivity contribution < 1.29 is 4.79 Å². The lowest BCUT2D eigenvalue weighted by Gasteiger charge is -2.17. The maximum atomic E-state index is 12.8. The van der Waals surface area contributed by atoms with Crippen molar-refractivity contribution in [3.8, 4) is 0 Å². The molecule has 0 radical (unpaired) electrons. The SMILES string of the molecule is Cc1cc2nn(CC(=O)Nc3ccccc3)c(=O)n2c(N2CCCC2)n1. The number of aromatic nitrogens is 4. The van der Waals surface area contributed by atoms with Crippen molar-refractivity contribution in [1.82, 2.24) is 19.2 Å². The molecule has 8 heteroatoms. The van der Waals surface area contributed by atoms with Gasteiger partial charge in [-0.05, 0) is 31.9 Å². The summed E-state index contributed by atoms with van der Waals surface area (Å²) in [6.07, 6.45) is 2.17. The zero-order valence-corrected chi connectivity index (χ0v) is 14.6. The summed E-state index contributed by atoms with van der Waals surface area (Å²) < 4.78 is 2.68. The Hall–Kier alpha value is -3.16. The van der Waals surface area contributed by atoms with E-state index in [1.165, 1.54) is 9.08 Å². The van der Waals surface area contributed by atoms with Gasteiger partial charge < -0.3 is 10.2 Å². The van der Waals surface area contributed by atoms with Gasteiger partial charge in [0.1, 0.15) is 6.54 Å². The predicted octanol–water partition coefficient (Wildman–Crippen LogP) is 1.44. The Kier molecular flexibility index (Phi) is 4.16. The number of rotatable bonds is 4. The Morgan fingerprint density at radius 1 is 1.19 bits per heavy atom. The molecule has 134 valence electrons. The van der Waals surface area contributed by atoms with E-state index in [1.807, 2.05) is 25.1 Å². The van der Waals surface area contributed by atoms with E-state index >= 15 is 0 Å². The van der Waals surface area contributed by atoms with Gasteiger partial charge >= 0.3 is 5.69 Å². The molecule has 1 amide bonds. The normalized spacial score (nSPS) is 14.1. The highest BCUT2D eigenvalue weighted by Gasteiger charge is 2.21. The molecule has 1 aliphatic rings. The lowest BCUT2D eigenvalue weighted by atomic mass is 10.3. The van der Waals surface area contributed by atoms with E-state index in [9.17, 15) is 9.59 Å². The first kappa shape index (κ1) is 16.3. The molecule has 8 nitrogen and oxygen atoms in total. The van der Waals surface area contributed by atoms with Crippen LogP contribution in [-0.4, -0.2) is 38.2 Å². The Balaban J connectivity index is 1.66. The van der Waals surface area contributed by atoms with Gasteiger partial charge in [-0.3, -0.25) is 4.79 Å². The number of nitrogens with one attached hydrogen (secondary N) is 1. The van der Waals surface area contributed by atoms with E-state index in [1.54, 1.807) is 18.2 Å². The number of nitrogens with zero attached hydrogens (tertiary/aromatic N) is 5. The Labute approximate surface area is 150 Å². The minimum absolute atomic E-state index is 0.145. The summed E-state index contributed by atoms with van der Waals surface area (Å²) in [6, 6.07) is 10.9. The molecule has 0 atom stereocenters. The number of carbonyl (C=O) groups excluding carboxylic acids is 1. The summed E-state index contributed by atoms with van der Waals surface area (Å²) in [5.41, 5.74) is 1.64. The first-order valence-electron chi connectivity index (χ1n) is 8.69. The molecule has 0 aliphatic carbocycles. The second-order valence-electron chi connectivity index (χ2n) is 6.44. The molecule has 1 fully saturated rings. The van der Waals surface area contributed by atoms with Crippen molar-refractivity contribution in [1.29, 1.82) is 0 Å². The zero-order chi connectivity index (χ0) is 18.1. The van der Waals surface area contributed by atoms with Crippen LogP contribution in [0, 0.1) is 6.92 Å². The molecule has 1 saturated heterocycles. The van der Waals surface area contributed by atoms with Gasteiger partial charge in [-0.2, -0.15) is 0 Å². The Morgan fingerprint density at radius 2 is 1.92 bits per heavy atom. The van der Waals surface area contributed by atoms with Crippen molar-refractivity contribution >= 4 is 23.2 Å². The van der Waals surface area contributed by atoms with E-state index in [2.05, 4.69) is 20.3 Å². The monoisotopic (exact) mass is 352 g/mol. The number of fused-ring (bicyclic) bond motifs is 1. The third-order valence-corrected chi connectivity index (χ3v) is 4.42. The van der Waals surface area contributed by atoms with Crippen LogP contribution in [-0.2, 0) is 11.3 Å². The molecular formula is C18H20N6O2. The van der Waals surface area contributed by atoms with Gasteiger partial charge in [-0.15, -0.1) is 5.10 Å². The van der Waals surface area contributed by atoms with Gasteiger partial charge in [-0.25, -0.2) is 18.9 Å². The van der Waals surface area contributed by atoms with Crippen LogP contribution < -0.4 is 15.9 Å². The van der Waals surface area contributed by atoms with Crippen LogP contribution in [0.1, 0.15) is 18.5 Å². The van der Waals surface area contributed by atoms with Crippen LogP contribution in [0.25, 0.3) is 5.65 Å². The van der Waals surface area contributed by atoms with Crippen LogP contribution >= 0.6 is 0 Å². The molecular weight excluding hydrogens is 332 g/mol. The highest BCUT2D eigenvalue weighted by Crippen LogP contribution is 2.18. The average Bonchev–Trinajstić information content (AvgIpc) is 3.24. The predicted molar refractivity (Wildman–Crippen MR) is 98.5 cm³/mol. The molecule has 26 heavy (non-hydrogen) atoms. The van der Waals surface area contributed by atoms with Crippen molar-refractivity contribution in [2.75, 3.05) is 23.3 Å². The summed E-state index contributed by atoms with van der Waals surface area (Å²) in [6.45, 7) is 3.48. The topological polar surface area (TPSA) is 84.5 Å². The molecule has 4 rings (SSSR count). The maximum Gasteiger partial charge on any atom is 0.353 e. The van der Waals surface area contributed by atoms with Crippen molar-refractivity contribution in [2.24, 2.45) is 0 Å². The van der Waals surface area contributed by atoms with Gasteiger partial charge in [0.2, 0.25) is 11.9 Å². The van der Waals surface area contributed by atoms with Crippen LogP contribution in [0.5, 0.6) is 0 Å². The molecule has 3 aromatic rings. The molecule has 0 saturated carbocycles. The van der Waals surface area contributed by atoms with E-state index < -0.39 is 0 Å². The number of hydrogen-bond acceptors (Lipinski definition) is 5. The molecule has 0 spiro atoms. The number of benzene rings is 1. The van der Waals surface area contributed by atoms with Crippen LogP contribution in [0.15, 0.2) is 41.2 Å². The van der Waals surface area contributed by atoms with Gasteiger partial charge in [0, 0.05) is 30.5 Å². The lowest BCUT2D eigenvalue weighted by molar-refractivity contribution is -0.117. The molecule has 0 bridgehead atoms. The molecule has 3 heterocycles. The number of carbonyl (C=O) groups is 1. The molecule has 0 unspecified atom stereocenters. The minimum Gasteiger partial charge on any atom is -0.342 e. The Morgan fingerprint density at radius 3 is 2.65 bits per heavy atom. The molecule has 1 N–H and O–H groups in total. The fourth-order valence-electron chi connectivity index (χ4n) is 3.22. The van der Waals surface area contributed by atoms with E-state index in [0.29, 0.717) is 17.3 Å². The van der Waals surface area contributed by atoms with Crippen LogP contribution in [0.4, 0.5) is 11.6 Å². The highest BCUT2D eigenvalue weighted by atomic mass is 16.2. The third-order valence-electron chi connectivity index (χ3n) is 4.42. The second-order valence-corrected chi connectivity index (χ2v) is 6.44. The Bertz CT molecular complexity index is 1000. The van der Waals surface area contributed by atoms with Crippen molar-refractivity contribution in [2.45, 2.75) is 26.3 Å². The summed E-state index contributed by atoms with van der Waals surface area (Å²) in [5, 5.41) is 7.10. The summed E-state index contributed by atoms with van der Waals surface area (Å²) in [7, 11) is 0. The maximum absolute atomic E-state index is 12.8. The second kappa shape index (κ2) is 6.62. The minimum atomic E-state index is -0.349. The molecule has 2 aromatic heterocycles. The first-order chi connectivity index (χ1) is 12.6. The number of amides is 1. The van der Waals surface area contributed by atoms with Crippen LogP contribution in [0.2, 0.25) is 0 Å². The van der Waals surface area contributed by atoms with Crippen LogP contribution in [0.3, 0.4) is 0 Å². The summed E-state index contributed by atoms with van der Waals surface area (Å²) in [5.74, 6) is 0.311. The number of para-hydroxylation sites is 1. The zero-order valence-electron chi connectivity index (χ0n) is 14.6. The van der Waals surface area contributed by atoms with Crippen molar-refractivity contribution in [3.63, 3.8) is 0 Å². The lowest BCUT2D eigenvalue weighted by Crippen LogP contribution is -2.31. The van der Waals surface area contributed by atoms with Crippen molar-refractivity contribution in [3.05, 3.63) is 52.6 Å². The third kappa shape index (κ3) is 3.05. The average molecular weight is 352 g/mol. The number of aryl methyl sites for hydroxylation is 1. The largest absolute Gasteiger partial charge is 0.353 e. The van der Waals surface area contributed by atoms with E-state index in [0.717, 1.165) is 31.6 Å². The van der Waals surface area contributed by atoms with Gasteiger partial charge in [0.05, 0.1) is 0 Å². The standard InChI is InChI=1S/C18H20N6O2/c1-13-11-15-21-23(12-16(25)20-14-7-3-2-4-8-14)18(26)24(15)17(19-13)22-9-5-6-10-22/h2-4,7-8,11H,5-6,9-10,12H2,1H3,(H,20,25). The highest BCUT2D eigenvalue weighted by molar-refractivity contribution is 5.90. The van der Waals surface area contributed by atoms with E-state index in [-0.39, 0.29) is 18.1 Å². The fourth-order valence-corrected chi connectivity index (χ4v) is 3.22. The fraction of sp³-hybridized carbons (Fsp3) is 0.333.